The molecule has 4 N–H and O–H groups in total. The van der Waals surface area contributed by atoms with E-state index in [1.807, 2.05) is 36.8 Å². The average Bonchev–Trinajstić information content (AvgIpc) is 3.32. The van der Waals surface area contributed by atoms with Crippen LogP contribution in [0.2, 0.25) is 5.02 Å². The maximum atomic E-state index is 14.0. The topological polar surface area (TPSA) is 234 Å². The van der Waals surface area contributed by atoms with E-state index in [1.54, 1.807) is 48.5 Å². The monoisotopic (exact) mass is 997 g/mol. The summed E-state index contributed by atoms with van der Waals surface area (Å²) in [4.78, 5) is 110. The zero-order valence-electron chi connectivity index (χ0n) is 38.2. The number of carbonyl (C=O) groups is 8. The predicted molar refractivity (Wildman–Crippen MR) is 259 cm³/mol. The fraction of sp³-hybridized carbons (Fsp3) is 0.245. The minimum atomic E-state index is -1.08. The first kappa shape index (κ1) is 52.7. The highest BCUT2D eigenvalue weighted by molar-refractivity contribution is 7.98. The Bertz CT molecular complexity index is 2530. The van der Waals surface area contributed by atoms with Gasteiger partial charge in [-0.2, -0.15) is 0 Å². The summed E-state index contributed by atoms with van der Waals surface area (Å²) in [6, 6.07) is 26.4. The summed E-state index contributed by atoms with van der Waals surface area (Å²) in [6.07, 6.45) is 1.63. The van der Waals surface area contributed by atoms with E-state index >= 15 is 0 Å². The lowest BCUT2D eigenvalue weighted by Gasteiger charge is -2.28. The fourth-order valence-electron chi connectivity index (χ4n) is 6.71. The number of hydrogen-bond acceptors (Lipinski definition) is 15. The van der Waals surface area contributed by atoms with E-state index in [1.165, 1.54) is 87.6 Å². The second-order valence-corrected chi connectivity index (χ2v) is 17.1. The molecule has 0 fully saturated rings. The summed E-state index contributed by atoms with van der Waals surface area (Å²) in [5.74, 6) is -5.76. The first-order valence-electron chi connectivity index (χ1n) is 20.9. The van der Waals surface area contributed by atoms with Crippen molar-refractivity contribution in [1.29, 1.82) is 0 Å². The van der Waals surface area contributed by atoms with E-state index in [0.717, 1.165) is 9.79 Å². The van der Waals surface area contributed by atoms with Gasteiger partial charge >= 0.3 is 23.9 Å². The van der Waals surface area contributed by atoms with Gasteiger partial charge < -0.3 is 40.2 Å². The Hall–Kier alpha value is -7.22. The van der Waals surface area contributed by atoms with E-state index in [9.17, 15) is 38.4 Å². The summed E-state index contributed by atoms with van der Waals surface area (Å²) in [5, 5.41) is 10.8. The number of anilines is 2. The summed E-state index contributed by atoms with van der Waals surface area (Å²) in [7, 11) is 0. The lowest BCUT2D eigenvalue weighted by atomic mass is 10.0. The summed E-state index contributed by atoms with van der Waals surface area (Å²) >= 11 is 9.42. The van der Waals surface area contributed by atoms with Crippen molar-refractivity contribution in [3.8, 4) is 0 Å². The van der Waals surface area contributed by atoms with Crippen LogP contribution >= 0.6 is 35.1 Å². The fourth-order valence-corrected chi connectivity index (χ4v) is 7.73. The molecule has 0 spiro atoms. The average molecular weight is 999 g/mol. The van der Waals surface area contributed by atoms with E-state index in [0.29, 0.717) is 11.1 Å². The van der Waals surface area contributed by atoms with E-state index in [2.05, 4.69) is 26.3 Å². The Kier molecular flexibility index (Phi) is 19.3. The highest BCUT2D eigenvalue weighted by Crippen LogP contribution is 2.29. The van der Waals surface area contributed by atoms with E-state index < -0.39 is 71.8 Å². The molecule has 0 unspecified atom stereocenters. The largest absolute Gasteiger partial charge is 0.464 e. The Morgan fingerprint density at radius 2 is 0.884 bits per heavy atom. The molecule has 0 aliphatic heterocycles. The molecule has 4 atom stereocenters. The van der Waals surface area contributed by atoms with Crippen molar-refractivity contribution in [3.05, 3.63) is 148 Å². The highest BCUT2D eigenvalue weighted by Gasteiger charge is 2.32. The van der Waals surface area contributed by atoms with Crippen molar-refractivity contribution < 1.29 is 57.3 Å². The maximum absolute atomic E-state index is 14.0. The highest BCUT2D eigenvalue weighted by atomic mass is 35.5. The number of nitrogens with one attached hydrogen (secondary N) is 4. The van der Waals surface area contributed by atoms with Crippen molar-refractivity contribution in [1.82, 2.24) is 15.6 Å². The number of thioether (sulfide) groups is 2. The van der Waals surface area contributed by atoms with Crippen molar-refractivity contribution in [2.24, 2.45) is 0 Å². The van der Waals surface area contributed by atoms with Gasteiger partial charge in [0.1, 0.15) is 36.7 Å². The molecule has 0 aliphatic carbocycles. The molecule has 0 bridgehead atoms. The second kappa shape index (κ2) is 25.2. The third-order valence-electron chi connectivity index (χ3n) is 9.87. The molecular formula is C49H48ClN5O12S2. The number of hydrogen-bond donors (Lipinski definition) is 4. The molecule has 4 aromatic carbocycles. The van der Waals surface area contributed by atoms with Crippen LogP contribution in [-0.2, 0) is 38.1 Å². The van der Waals surface area contributed by atoms with Crippen LogP contribution in [0.4, 0.5) is 11.4 Å². The molecule has 1 heterocycles. The van der Waals surface area contributed by atoms with Gasteiger partial charge in [0.2, 0.25) is 0 Å². The van der Waals surface area contributed by atoms with Crippen molar-refractivity contribution in [3.63, 3.8) is 0 Å². The third-order valence-corrected chi connectivity index (χ3v) is 11.6. The standard InChI is InChI=1S/C49H48ClN5O12S2/c1-27(56)64-25-42(44(66-29(3)58)31-15-19-34(68-5)20-16-31)54-46(60)36-11-7-9-13-38(36)52-48(62)40-23-33(50)24-41(51-40)49(63)53-39-14-10-8-12-37(39)47(61)55-43(26-65-28(2)57)45(67-30(4)59)32-17-21-35(69-6)22-18-32/h7-24,42-45H,25-26H2,1-6H3,(H,52,62)(H,53,63)(H,54,60)(H,55,61)/t42-,43-,44-,45-/m0/s1. The lowest BCUT2D eigenvalue weighted by molar-refractivity contribution is -0.152. The number of para-hydroxylation sites is 2. The maximum Gasteiger partial charge on any atom is 0.303 e. The quantitative estimate of drug-likeness (QED) is 0.0334. The molecule has 5 aromatic rings. The van der Waals surface area contributed by atoms with Gasteiger partial charge in [0.05, 0.1) is 22.5 Å². The number of aromatic nitrogens is 1. The van der Waals surface area contributed by atoms with Gasteiger partial charge in [-0.15, -0.1) is 23.5 Å². The Balaban J connectivity index is 1.36. The summed E-state index contributed by atoms with van der Waals surface area (Å²) < 4.78 is 21.8. The second-order valence-electron chi connectivity index (χ2n) is 14.9. The van der Waals surface area contributed by atoms with Gasteiger partial charge in [0.15, 0.2) is 12.2 Å². The minimum Gasteiger partial charge on any atom is -0.464 e. The first-order valence-corrected chi connectivity index (χ1v) is 23.8. The number of nitrogens with zero attached hydrogens (tertiary/aromatic N) is 1. The molecule has 360 valence electrons. The number of carbonyl (C=O) groups excluding carboxylic acids is 8. The van der Waals surface area contributed by atoms with Gasteiger partial charge in [-0.1, -0.05) is 60.1 Å². The number of benzene rings is 4. The molecule has 0 aliphatic rings. The first-order chi connectivity index (χ1) is 33.0. The molecular weight excluding hydrogens is 950 g/mol. The van der Waals surface area contributed by atoms with Crippen LogP contribution in [-0.4, -0.2) is 90.3 Å². The Labute approximate surface area is 411 Å². The van der Waals surface area contributed by atoms with Gasteiger partial charge in [-0.05, 0) is 84.3 Å². The van der Waals surface area contributed by atoms with Gasteiger partial charge in [0.25, 0.3) is 23.6 Å². The smallest absolute Gasteiger partial charge is 0.303 e. The molecule has 20 heteroatoms. The van der Waals surface area contributed by atoms with Gasteiger partial charge in [0, 0.05) is 42.5 Å². The van der Waals surface area contributed by atoms with Gasteiger partial charge in [-0.25, -0.2) is 4.98 Å². The molecule has 1 aromatic heterocycles. The number of rotatable bonds is 20. The zero-order valence-corrected chi connectivity index (χ0v) is 40.5. The molecule has 17 nitrogen and oxygen atoms in total. The van der Waals surface area contributed by atoms with Crippen molar-refractivity contribution in [2.45, 2.75) is 61.8 Å². The summed E-state index contributed by atoms with van der Waals surface area (Å²) in [5.41, 5.74) is 0.374. The number of esters is 4. The van der Waals surface area contributed by atoms with Gasteiger partial charge in [-0.3, -0.25) is 38.4 Å². The number of amides is 4. The molecule has 69 heavy (non-hydrogen) atoms. The molecule has 0 saturated heterocycles. The number of ether oxygens (including phenoxy) is 4. The van der Waals surface area contributed by atoms with Crippen LogP contribution < -0.4 is 21.3 Å². The van der Waals surface area contributed by atoms with Crippen molar-refractivity contribution >= 4 is 94.0 Å². The zero-order chi connectivity index (χ0) is 50.2. The van der Waals surface area contributed by atoms with E-state index in [4.69, 9.17) is 30.5 Å². The van der Waals surface area contributed by atoms with Crippen LogP contribution in [0, 0.1) is 0 Å². The summed E-state index contributed by atoms with van der Waals surface area (Å²) in [6.45, 7) is 4.06. The Morgan fingerprint density at radius 3 is 1.22 bits per heavy atom. The van der Waals surface area contributed by atoms with Crippen molar-refractivity contribution in [2.75, 3.05) is 36.4 Å². The van der Waals surface area contributed by atoms with Crippen LogP contribution in [0.5, 0.6) is 0 Å². The SMILES string of the molecule is CSc1ccc([C@H](OC(C)=O)[C@H](COC(C)=O)NC(=O)c2ccccc2NC(=O)c2cc(Cl)cc(C(=O)Nc3ccccc3C(=O)N[C@@H](COC(C)=O)[C@@H](OC(C)=O)c3ccc(SC)cc3)n2)cc1. The van der Waals surface area contributed by atoms with E-state index in [-0.39, 0.29) is 52.1 Å². The molecule has 0 radical (unpaired) electrons. The Morgan fingerprint density at radius 1 is 0.522 bits per heavy atom. The number of halogens is 1. The molecule has 4 amide bonds. The third kappa shape index (κ3) is 15.4. The predicted octanol–water partition coefficient (Wildman–Crippen LogP) is 7.62. The minimum absolute atomic E-state index is 0.0206. The van der Waals surface area contributed by atoms with Crippen LogP contribution in [0.3, 0.4) is 0 Å². The van der Waals surface area contributed by atoms with Crippen LogP contribution in [0.1, 0.15) is 92.7 Å². The normalized spacial score (nSPS) is 12.4. The number of pyridine rings is 1. The van der Waals surface area contributed by atoms with Crippen LogP contribution in [0.15, 0.2) is 119 Å². The lowest BCUT2D eigenvalue weighted by Crippen LogP contribution is -2.44. The molecule has 0 saturated carbocycles. The van der Waals surface area contributed by atoms with Crippen LogP contribution in [0.25, 0.3) is 0 Å². The molecule has 5 rings (SSSR count).